The van der Waals surface area contributed by atoms with E-state index in [1.165, 1.54) is 19.5 Å². The largest absolute Gasteiger partial charge is 0.496 e. The second-order valence-corrected chi connectivity index (χ2v) is 3.86. The van der Waals surface area contributed by atoms with E-state index in [4.69, 9.17) is 16.3 Å². The number of hydrogen-bond donors (Lipinski definition) is 1. The number of aromatic nitrogens is 2. The lowest BCUT2D eigenvalue weighted by Crippen LogP contribution is -2.04. The zero-order chi connectivity index (χ0) is 12.3. The normalized spacial score (nSPS) is 12.2. The molecule has 2 aromatic rings. The van der Waals surface area contributed by atoms with Crippen molar-refractivity contribution in [2.24, 2.45) is 0 Å². The first-order chi connectivity index (χ1) is 8.22. The summed E-state index contributed by atoms with van der Waals surface area (Å²) < 4.78 is 5.18. The highest BCUT2D eigenvalue weighted by Crippen LogP contribution is 2.30. The minimum atomic E-state index is -0.879. The predicted molar refractivity (Wildman–Crippen MR) is 64.1 cm³/mol. The lowest BCUT2D eigenvalue weighted by atomic mass is 10.1. The van der Waals surface area contributed by atoms with E-state index in [2.05, 4.69) is 9.97 Å². The van der Waals surface area contributed by atoms with Crippen molar-refractivity contribution in [2.75, 3.05) is 7.11 Å². The van der Waals surface area contributed by atoms with Gasteiger partial charge in [0, 0.05) is 23.0 Å². The van der Waals surface area contributed by atoms with Gasteiger partial charge in [0.2, 0.25) is 0 Å². The molecule has 0 bridgehead atoms. The molecule has 1 N–H and O–H groups in total. The maximum atomic E-state index is 10.2. The topological polar surface area (TPSA) is 55.2 Å². The fourth-order valence-corrected chi connectivity index (χ4v) is 1.68. The van der Waals surface area contributed by atoms with E-state index in [9.17, 15) is 5.11 Å². The van der Waals surface area contributed by atoms with Gasteiger partial charge >= 0.3 is 0 Å². The molecule has 4 nitrogen and oxygen atoms in total. The minimum absolute atomic E-state index is 0.466. The molecule has 1 atom stereocenters. The Morgan fingerprint density at radius 2 is 2.18 bits per heavy atom. The van der Waals surface area contributed by atoms with Gasteiger partial charge in [0.25, 0.3) is 0 Å². The van der Waals surface area contributed by atoms with Crippen LogP contribution in [0.3, 0.4) is 0 Å². The number of halogens is 1. The van der Waals surface area contributed by atoms with Crippen LogP contribution >= 0.6 is 11.6 Å². The average Bonchev–Trinajstić information content (AvgIpc) is 2.39. The molecular weight excluding hydrogens is 240 g/mol. The fourth-order valence-electron chi connectivity index (χ4n) is 1.52. The van der Waals surface area contributed by atoms with Crippen LogP contribution in [0.1, 0.15) is 17.4 Å². The lowest BCUT2D eigenvalue weighted by molar-refractivity contribution is 0.209. The summed E-state index contributed by atoms with van der Waals surface area (Å²) in [6.45, 7) is 0. The maximum absolute atomic E-state index is 10.2. The Kier molecular flexibility index (Phi) is 3.56. The summed E-state index contributed by atoms with van der Waals surface area (Å²) >= 11 is 5.86. The fraction of sp³-hybridized carbons (Fsp3) is 0.167. The Bertz CT molecular complexity index is 505. The number of aliphatic hydroxyl groups excluding tert-OH is 1. The Hall–Kier alpha value is -1.65. The van der Waals surface area contributed by atoms with Crippen LogP contribution in [0.25, 0.3) is 0 Å². The van der Waals surface area contributed by atoms with Gasteiger partial charge in [0.1, 0.15) is 11.9 Å². The van der Waals surface area contributed by atoms with Gasteiger partial charge in [0.05, 0.1) is 19.0 Å². The van der Waals surface area contributed by atoms with Gasteiger partial charge in [0.15, 0.2) is 0 Å². The quantitative estimate of drug-likeness (QED) is 0.908. The minimum Gasteiger partial charge on any atom is -0.496 e. The van der Waals surface area contributed by atoms with Crippen LogP contribution in [0.5, 0.6) is 5.75 Å². The van der Waals surface area contributed by atoms with Crippen LogP contribution in [0.4, 0.5) is 0 Å². The van der Waals surface area contributed by atoms with Crippen molar-refractivity contribution in [3.63, 3.8) is 0 Å². The van der Waals surface area contributed by atoms with Crippen LogP contribution in [-0.2, 0) is 0 Å². The molecule has 5 heteroatoms. The number of rotatable bonds is 3. The first-order valence-electron chi connectivity index (χ1n) is 5.00. The van der Waals surface area contributed by atoms with E-state index < -0.39 is 6.10 Å². The first-order valence-corrected chi connectivity index (χ1v) is 5.37. The van der Waals surface area contributed by atoms with Crippen molar-refractivity contribution >= 4 is 11.6 Å². The van der Waals surface area contributed by atoms with E-state index in [-0.39, 0.29) is 0 Å². The molecule has 0 amide bonds. The molecular formula is C12H11ClN2O2. The SMILES string of the molecule is COc1cc(Cl)ccc1C(O)c1cnccn1. The molecule has 0 radical (unpaired) electrons. The van der Waals surface area contributed by atoms with Gasteiger partial charge in [-0.05, 0) is 12.1 Å². The maximum Gasteiger partial charge on any atom is 0.126 e. The molecule has 17 heavy (non-hydrogen) atoms. The smallest absolute Gasteiger partial charge is 0.126 e. The number of nitrogens with zero attached hydrogens (tertiary/aromatic N) is 2. The number of ether oxygens (including phenoxy) is 1. The Morgan fingerprint density at radius 1 is 1.35 bits per heavy atom. The second-order valence-electron chi connectivity index (χ2n) is 3.42. The summed E-state index contributed by atoms with van der Waals surface area (Å²) in [5.74, 6) is 0.524. The molecule has 2 rings (SSSR count). The molecule has 0 aliphatic rings. The van der Waals surface area contributed by atoms with Crippen molar-refractivity contribution in [3.05, 3.63) is 53.1 Å². The van der Waals surface area contributed by atoms with Crippen LogP contribution in [0.15, 0.2) is 36.8 Å². The number of benzene rings is 1. The molecule has 0 saturated carbocycles. The third-order valence-electron chi connectivity index (χ3n) is 2.35. The average molecular weight is 251 g/mol. The van der Waals surface area contributed by atoms with Gasteiger partial charge < -0.3 is 9.84 Å². The number of aliphatic hydroxyl groups is 1. The Balaban J connectivity index is 2.40. The second kappa shape index (κ2) is 5.12. The summed E-state index contributed by atoms with van der Waals surface area (Å²) in [4.78, 5) is 7.97. The van der Waals surface area contributed by atoms with Crippen molar-refractivity contribution in [3.8, 4) is 5.75 Å². The molecule has 0 fully saturated rings. The van der Waals surface area contributed by atoms with E-state index in [0.717, 1.165) is 0 Å². The van der Waals surface area contributed by atoms with Crippen LogP contribution in [-0.4, -0.2) is 22.2 Å². The highest BCUT2D eigenvalue weighted by atomic mass is 35.5. The highest BCUT2D eigenvalue weighted by molar-refractivity contribution is 6.30. The van der Waals surface area contributed by atoms with Gasteiger partial charge in [-0.15, -0.1) is 0 Å². The summed E-state index contributed by atoms with van der Waals surface area (Å²) in [6, 6.07) is 5.05. The van der Waals surface area contributed by atoms with Crippen molar-refractivity contribution in [1.29, 1.82) is 0 Å². The van der Waals surface area contributed by atoms with Crippen molar-refractivity contribution in [1.82, 2.24) is 9.97 Å². The number of methoxy groups -OCH3 is 1. The summed E-state index contributed by atoms with van der Waals surface area (Å²) in [6.07, 6.45) is 3.71. The Labute approximate surface area is 104 Å². The molecule has 1 heterocycles. The van der Waals surface area contributed by atoms with Gasteiger partial charge in [-0.2, -0.15) is 0 Å². The monoisotopic (exact) mass is 250 g/mol. The molecule has 1 unspecified atom stereocenters. The molecule has 0 aliphatic carbocycles. The van der Waals surface area contributed by atoms with Gasteiger partial charge in [-0.25, -0.2) is 0 Å². The summed E-state index contributed by atoms with van der Waals surface area (Å²) in [7, 11) is 1.53. The third kappa shape index (κ3) is 2.54. The molecule has 0 saturated heterocycles. The van der Waals surface area contributed by atoms with Crippen LogP contribution in [0, 0.1) is 0 Å². The zero-order valence-corrected chi connectivity index (χ0v) is 9.93. The summed E-state index contributed by atoms with van der Waals surface area (Å²) in [5, 5.41) is 10.7. The van der Waals surface area contributed by atoms with Crippen LogP contribution < -0.4 is 4.74 Å². The summed E-state index contributed by atoms with van der Waals surface area (Å²) in [5.41, 5.74) is 1.07. The molecule has 0 spiro atoms. The van der Waals surface area contributed by atoms with E-state index >= 15 is 0 Å². The molecule has 1 aromatic heterocycles. The zero-order valence-electron chi connectivity index (χ0n) is 9.17. The number of hydrogen-bond acceptors (Lipinski definition) is 4. The Morgan fingerprint density at radius 3 is 2.82 bits per heavy atom. The molecule has 88 valence electrons. The van der Waals surface area contributed by atoms with Gasteiger partial charge in [-0.1, -0.05) is 17.7 Å². The standard InChI is InChI=1S/C12H11ClN2O2/c1-17-11-6-8(13)2-3-9(11)12(16)10-7-14-4-5-15-10/h2-7,12,16H,1H3. The van der Waals surface area contributed by atoms with Crippen molar-refractivity contribution in [2.45, 2.75) is 6.10 Å². The van der Waals surface area contributed by atoms with E-state index in [1.807, 2.05) is 0 Å². The lowest BCUT2D eigenvalue weighted by Gasteiger charge is -2.14. The predicted octanol–water partition coefficient (Wildman–Crippen LogP) is 2.22. The molecule has 1 aromatic carbocycles. The van der Waals surface area contributed by atoms with Crippen LogP contribution in [0.2, 0.25) is 5.02 Å². The highest BCUT2D eigenvalue weighted by Gasteiger charge is 2.16. The van der Waals surface area contributed by atoms with E-state index in [0.29, 0.717) is 22.0 Å². The third-order valence-corrected chi connectivity index (χ3v) is 2.59. The molecule has 0 aliphatic heterocycles. The van der Waals surface area contributed by atoms with Gasteiger partial charge in [-0.3, -0.25) is 9.97 Å². The van der Waals surface area contributed by atoms with E-state index in [1.54, 1.807) is 24.4 Å². The van der Waals surface area contributed by atoms with Crippen molar-refractivity contribution < 1.29 is 9.84 Å². The first kappa shape index (κ1) is 11.8.